The normalized spacial score (nSPS) is 10.1. The Morgan fingerprint density at radius 3 is 2.65 bits per heavy atom. The fourth-order valence-electron chi connectivity index (χ4n) is 1.58. The Morgan fingerprint density at radius 1 is 1.35 bits per heavy atom. The summed E-state index contributed by atoms with van der Waals surface area (Å²) in [4.78, 5) is 13.3. The van der Waals surface area contributed by atoms with Crippen LogP contribution in [0.5, 0.6) is 11.5 Å². The number of hydrogen-bond acceptors (Lipinski definition) is 4. The zero-order valence-corrected chi connectivity index (χ0v) is 11.9. The molecule has 1 rings (SSSR count). The van der Waals surface area contributed by atoms with Gasteiger partial charge in [0.05, 0.1) is 26.7 Å². The molecule has 0 unspecified atom stereocenters. The number of ether oxygens (including phenoxy) is 2. The number of nitrogens with zero attached hydrogens (tertiary/aromatic N) is 2. The minimum absolute atomic E-state index is 0.143. The van der Waals surface area contributed by atoms with E-state index < -0.39 is 0 Å². The standard InChI is InChI=1S/C15H18N2O3/c1-17(10-4-9-16)15(18)8-6-12-5-7-13(19-2)14(11-12)20-3/h5-8,11H,4,10H2,1-3H3. The lowest BCUT2D eigenvalue weighted by atomic mass is 10.2. The van der Waals surface area contributed by atoms with Crippen molar-refractivity contribution in [2.24, 2.45) is 0 Å². The van der Waals surface area contributed by atoms with Crippen LogP contribution in [-0.4, -0.2) is 38.6 Å². The van der Waals surface area contributed by atoms with E-state index in [-0.39, 0.29) is 5.91 Å². The molecule has 0 aliphatic heterocycles. The van der Waals surface area contributed by atoms with Gasteiger partial charge in [-0.2, -0.15) is 5.26 Å². The molecule has 106 valence electrons. The van der Waals surface area contributed by atoms with Gasteiger partial charge in [0.25, 0.3) is 0 Å². The fourth-order valence-corrected chi connectivity index (χ4v) is 1.58. The van der Waals surface area contributed by atoms with E-state index in [1.807, 2.05) is 12.1 Å². The largest absolute Gasteiger partial charge is 0.493 e. The van der Waals surface area contributed by atoms with Gasteiger partial charge < -0.3 is 14.4 Å². The van der Waals surface area contributed by atoms with E-state index in [1.165, 1.54) is 11.0 Å². The van der Waals surface area contributed by atoms with Crippen LogP contribution in [0.25, 0.3) is 6.08 Å². The van der Waals surface area contributed by atoms with Crippen LogP contribution in [0.2, 0.25) is 0 Å². The first-order valence-electron chi connectivity index (χ1n) is 6.14. The average molecular weight is 274 g/mol. The van der Waals surface area contributed by atoms with E-state index >= 15 is 0 Å². The van der Waals surface area contributed by atoms with Crippen molar-refractivity contribution >= 4 is 12.0 Å². The molecular formula is C15H18N2O3. The average Bonchev–Trinajstić information content (AvgIpc) is 2.49. The number of carbonyl (C=O) groups is 1. The molecule has 0 saturated carbocycles. The number of hydrogen-bond donors (Lipinski definition) is 0. The first kappa shape index (κ1) is 15.6. The third-order valence-electron chi connectivity index (χ3n) is 2.76. The molecule has 1 amide bonds. The number of methoxy groups -OCH3 is 2. The highest BCUT2D eigenvalue weighted by molar-refractivity contribution is 5.91. The summed E-state index contributed by atoms with van der Waals surface area (Å²) in [6.45, 7) is 0.422. The van der Waals surface area contributed by atoms with Gasteiger partial charge >= 0.3 is 0 Å². The van der Waals surface area contributed by atoms with E-state index in [2.05, 4.69) is 0 Å². The summed E-state index contributed by atoms with van der Waals surface area (Å²) < 4.78 is 10.3. The van der Waals surface area contributed by atoms with Gasteiger partial charge in [0.2, 0.25) is 5.91 Å². The second-order valence-electron chi connectivity index (χ2n) is 4.12. The third kappa shape index (κ3) is 4.32. The molecule has 0 aliphatic carbocycles. The number of nitriles is 1. The maximum absolute atomic E-state index is 11.8. The fraction of sp³-hybridized carbons (Fsp3) is 0.333. The van der Waals surface area contributed by atoms with Crippen LogP contribution in [0.15, 0.2) is 24.3 Å². The second kappa shape index (κ2) is 7.85. The highest BCUT2D eigenvalue weighted by Gasteiger charge is 2.05. The lowest BCUT2D eigenvalue weighted by Crippen LogP contribution is -2.25. The number of likely N-dealkylation sites (N-methyl/N-ethyl adjacent to an activating group) is 1. The van der Waals surface area contributed by atoms with Gasteiger partial charge in [-0.05, 0) is 23.8 Å². The molecule has 0 fully saturated rings. The number of rotatable bonds is 6. The van der Waals surface area contributed by atoms with Crippen LogP contribution in [-0.2, 0) is 4.79 Å². The van der Waals surface area contributed by atoms with E-state index in [0.717, 1.165) is 5.56 Å². The molecule has 0 aromatic heterocycles. The molecule has 5 heteroatoms. The van der Waals surface area contributed by atoms with Crippen molar-refractivity contribution in [3.8, 4) is 17.6 Å². The van der Waals surface area contributed by atoms with Crippen molar-refractivity contribution in [3.63, 3.8) is 0 Å². The minimum Gasteiger partial charge on any atom is -0.493 e. The summed E-state index contributed by atoms with van der Waals surface area (Å²) in [5.74, 6) is 1.11. The van der Waals surface area contributed by atoms with Gasteiger partial charge in [-0.25, -0.2) is 0 Å². The summed E-state index contributed by atoms with van der Waals surface area (Å²) in [6, 6.07) is 7.41. The monoisotopic (exact) mass is 274 g/mol. The van der Waals surface area contributed by atoms with Crippen molar-refractivity contribution in [1.29, 1.82) is 5.26 Å². The molecule has 1 aromatic carbocycles. The SMILES string of the molecule is COc1ccc(C=CC(=O)N(C)CCC#N)cc1OC. The summed E-state index contributed by atoms with van der Waals surface area (Å²) in [7, 11) is 4.80. The molecule has 5 nitrogen and oxygen atoms in total. The summed E-state index contributed by atoms with van der Waals surface area (Å²) in [5.41, 5.74) is 0.838. The smallest absolute Gasteiger partial charge is 0.246 e. The third-order valence-corrected chi connectivity index (χ3v) is 2.76. The topological polar surface area (TPSA) is 62.6 Å². The maximum atomic E-state index is 11.8. The molecule has 0 aliphatic rings. The van der Waals surface area contributed by atoms with Crippen molar-refractivity contribution in [3.05, 3.63) is 29.8 Å². The van der Waals surface area contributed by atoms with Gasteiger partial charge in [-0.3, -0.25) is 4.79 Å². The number of carbonyl (C=O) groups excluding carboxylic acids is 1. The molecule has 1 aromatic rings. The minimum atomic E-state index is -0.143. The lowest BCUT2D eigenvalue weighted by Gasteiger charge is -2.12. The quantitative estimate of drug-likeness (QED) is 0.745. The predicted octanol–water partition coefficient (Wildman–Crippen LogP) is 2.09. The van der Waals surface area contributed by atoms with Crippen LogP contribution in [0.1, 0.15) is 12.0 Å². The van der Waals surface area contributed by atoms with Gasteiger partial charge in [-0.15, -0.1) is 0 Å². The summed E-state index contributed by atoms with van der Waals surface area (Å²) in [5, 5.41) is 8.48. The lowest BCUT2D eigenvalue weighted by molar-refractivity contribution is -0.124. The van der Waals surface area contributed by atoms with Crippen molar-refractivity contribution in [1.82, 2.24) is 4.90 Å². The Hall–Kier alpha value is -2.48. The van der Waals surface area contributed by atoms with E-state index in [4.69, 9.17) is 14.7 Å². The Bertz CT molecular complexity index is 532. The molecule has 0 heterocycles. The van der Waals surface area contributed by atoms with E-state index in [0.29, 0.717) is 24.5 Å². The summed E-state index contributed by atoms with van der Waals surface area (Å²) in [6.07, 6.45) is 3.50. The van der Waals surface area contributed by atoms with Crippen molar-refractivity contribution in [2.45, 2.75) is 6.42 Å². The van der Waals surface area contributed by atoms with Gasteiger partial charge in [-0.1, -0.05) is 6.07 Å². The second-order valence-corrected chi connectivity index (χ2v) is 4.12. The molecule has 20 heavy (non-hydrogen) atoms. The molecule has 0 saturated heterocycles. The first-order valence-corrected chi connectivity index (χ1v) is 6.14. The van der Waals surface area contributed by atoms with Gasteiger partial charge in [0, 0.05) is 19.7 Å². The van der Waals surface area contributed by atoms with E-state index in [9.17, 15) is 4.79 Å². The van der Waals surface area contributed by atoms with Crippen LogP contribution < -0.4 is 9.47 Å². The van der Waals surface area contributed by atoms with Crippen molar-refractivity contribution in [2.75, 3.05) is 27.8 Å². The summed E-state index contributed by atoms with van der Waals surface area (Å²) >= 11 is 0. The Kier molecular flexibility index (Phi) is 6.11. The van der Waals surface area contributed by atoms with Gasteiger partial charge in [0.1, 0.15) is 0 Å². The Balaban J connectivity index is 2.75. The molecule has 0 atom stereocenters. The molecule has 0 bridgehead atoms. The zero-order chi connectivity index (χ0) is 15.0. The first-order chi connectivity index (χ1) is 9.62. The zero-order valence-electron chi connectivity index (χ0n) is 11.9. The highest BCUT2D eigenvalue weighted by Crippen LogP contribution is 2.27. The highest BCUT2D eigenvalue weighted by atomic mass is 16.5. The number of amides is 1. The predicted molar refractivity (Wildman–Crippen MR) is 76.4 cm³/mol. The molecule has 0 radical (unpaired) electrons. The van der Waals surface area contributed by atoms with Crippen molar-refractivity contribution < 1.29 is 14.3 Å². The number of benzene rings is 1. The molecular weight excluding hydrogens is 256 g/mol. The van der Waals surface area contributed by atoms with Crippen LogP contribution in [0.3, 0.4) is 0 Å². The van der Waals surface area contributed by atoms with Crippen LogP contribution >= 0.6 is 0 Å². The van der Waals surface area contributed by atoms with Crippen LogP contribution in [0.4, 0.5) is 0 Å². The molecule has 0 N–H and O–H groups in total. The molecule has 0 spiro atoms. The van der Waals surface area contributed by atoms with E-state index in [1.54, 1.807) is 39.5 Å². The Labute approximate surface area is 119 Å². The maximum Gasteiger partial charge on any atom is 0.246 e. The Morgan fingerprint density at radius 2 is 2.05 bits per heavy atom. The van der Waals surface area contributed by atoms with Crippen LogP contribution in [0, 0.1) is 11.3 Å². The van der Waals surface area contributed by atoms with Gasteiger partial charge in [0.15, 0.2) is 11.5 Å².